The summed E-state index contributed by atoms with van der Waals surface area (Å²) < 4.78 is 69.6. The zero-order valence-corrected chi connectivity index (χ0v) is 18.3. The standard InChI is InChI=1S/C20H22F5N7O3/c21-16(22)14-7-13(28-29-17(14)33)10-30-5-6-35-15(11-30)18(34)31-1-3-32(4-2-31)19-26-8-12(9-27-19)20(23,24)25/h7-9,15-16H,1-6,10-11H2,(H,29,33)/t15-/m1/s1. The Labute approximate surface area is 195 Å². The van der Waals surface area contributed by atoms with Gasteiger partial charge in [0.15, 0.2) is 0 Å². The van der Waals surface area contributed by atoms with Crippen molar-refractivity contribution < 1.29 is 31.5 Å². The minimum absolute atomic E-state index is 0.154. The van der Waals surface area contributed by atoms with Crippen molar-refractivity contribution in [1.29, 1.82) is 0 Å². The number of aromatic amines is 1. The van der Waals surface area contributed by atoms with E-state index in [9.17, 15) is 31.5 Å². The summed E-state index contributed by atoms with van der Waals surface area (Å²) in [6.07, 6.45) is -6.75. The predicted octanol–water partition coefficient (Wildman–Crippen LogP) is 1.07. The van der Waals surface area contributed by atoms with Gasteiger partial charge in [0.05, 0.1) is 23.4 Å². The second kappa shape index (κ2) is 10.2. The maximum absolute atomic E-state index is 13.0. The molecule has 0 aromatic carbocycles. The van der Waals surface area contributed by atoms with E-state index < -0.39 is 35.4 Å². The number of carbonyl (C=O) groups excluding carboxylic acids is 1. The minimum atomic E-state index is -4.52. The van der Waals surface area contributed by atoms with E-state index in [1.54, 1.807) is 9.80 Å². The number of alkyl halides is 5. The highest BCUT2D eigenvalue weighted by molar-refractivity contribution is 5.81. The lowest BCUT2D eigenvalue weighted by Gasteiger charge is -2.38. The van der Waals surface area contributed by atoms with Crippen molar-refractivity contribution in [2.24, 2.45) is 0 Å². The molecule has 4 rings (SSSR count). The molecule has 0 unspecified atom stereocenters. The summed E-state index contributed by atoms with van der Waals surface area (Å²) in [5.74, 6) is -0.0906. The molecule has 2 saturated heterocycles. The lowest BCUT2D eigenvalue weighted by molar-refractivity contribution is -0.150. The van der Waals surface area contributed by atoms with Gasteiger partial charge in [0.2, 0.25) is 5.95 Å². The molecular formula is C20H22F5N7O3. The van der Waals surface area contributed by atoms with Crippen LogP contribution in [0.5, 0.6) is 0 Å². The molecule has 15 heteroatoms. The molecule has 190 valence electrons. The van der Waals surface area contributed by atoms with E-state index in [0.29, 0.717) is 32.7 Å². The second-order valence-electron chi connectivity index (χ2n) is 8.12. The molecule has 2 aliphatic heterocycles. The highest BCUT2D eigenvalue weighted by Crippen LogP contribution is 2.28. The number of ether oxygens (including phenoxy) is 1. The van der Waals surface area contributed by atoms with Gasteiger partial charge in [-0.25, -0.2) is 23.8 Å². The molecule has 0 bridgehead atoms. The molecule has 35 heavy (non-hydrogen) atoms. The SMILES string of the molecule is O=C([C@H]1CN(Cc2cc(C(F)F)c(=O)[nH]n2)CCO1)N1CCN(c2ncc(C(F)(F)F)cn2)CC1. The van der Waals surface area contributed by atoms with Crippen LogP contribution in [0.2, 0.25) is 0 Å². The number of morpholine rings is 1. The first kappa shape index (κ1) is 24.9. The maximum atomic E-state index is 13.0. The third-order valence-corrected chi connectivity index (χ3v) is 5.77. The zero-order valence-electron chi connectivity index (χ0n) is 18.3. The Morgan fingerprint density at radius 1 is 1.14 bits per heavy atom. The molecule has 10 nitrogen and oxygen atoms in total. The summed E-state index contributed by atoms with van der Waals surface area (Å²) in [5.41, 5.74) is -2.29. The van der Waals surface area contributed by atoms with Crippen LogP contribution in [0.15, 0.2) is 23.3 Å². The number of piperazine rings is 1. The van der Waals surface area contributed by atoms with Crippen molar-refractivity contribution in [1.82, 2.24) is 30.0 Å². The quantitative estimate of drug-likeness (QED) is 0.604. The van der Waals surface area contributed by atoms with Gasteiger partial charge in [-0.15, -0.1) is 0 Å². The van der Waals surface area contributed by atoms with Crippen molar-refractivity contribution in [2.45, 2.75) is 25.3 Å². The number of nitrogens with zero attached hydrogens (tertiary/aromatic N) is 6. The summed E-state index contributed by atoms with van der Waals surface area (Å²) in [6.45, 7) is 2.37. The van der Waals surface area contributed by atoms with Crippen LogP contribution in [0.25, 0.3) is 0 Å². The van der Waals surface area contributed by atoms with Gasteiger partial charge >= 0.3 is 6.18 Å². The average Bonchev–Trinajstić information content (AvgIpc) is 2.84. The fourth-order valence-electron chi connectivity index (χ4n) is 3.89. The molecule has 0 aliphatic carbocycles. The monoisotopic (exact) mass is 503 g/mol. The first-order valence-electron chi connectivity index (χ1n) is 10.8. The van der Waals surface area contributed by atoms with Crippen LogP contribution in [0.1, 0.15) is 23.2 Å². The van der Waals surface area contributed by atoms with Crippen LogP contribution in [-0.2, 0) is 22.3 Å². The molecule has 2 aromatic rings. The molecule has 0 saturated carbocycles. The van der Waals surface area contributed by atoms with Crippen LogP contribution in [0, 0.1) is 0 Å². The van der Waals surface area contributed by atoms with Gasteiger partial charge in [0, 0.05) is 58.2 Å². The van der Waals surface area contributed by atoms with Crippen LogP contribution in [-0.4, -0.2) is 87.9 Å². The van der Waals surface area contributed by atoms with Gasteiger partial charge in [0.25, 0.3) is 17.9 Å². The molecule has 2 aromatic heterocycles. The molecule has 4 heterocycles. The number of hydrogen-bond donors (Lipinski definition) is 1. The van der Waals surface area contributed by atoms with E-state index in [1.807, 2.05) is 4.90 Å². The zero-order chi connectivity index (χ0) is 25.2. The summed E-state index contributed by atoms with van der Waals surface area (Å²) in [6, 6.07) is 1.05. The van der Waals surface area contributed by atoms with Crippen LogP contribution in [0.3, 0.4) is 0 Å². The Morgan fingerprint density at radius 3 is 2.46 bits per heavy atom. The van der Waals surface area contributed by atoms with E-state index in [-0.39, 0.29) is 37.2 Å². The molecule has 1 atom stereocenters. The Bertz CT molecular complexity index is 1090. The second-order valence-corrected chi connectivity index (χ2v) is 8.12. The summed E-state index contributed by atoms with van der Waals surface area (Å²) in [5, 5.41) is 5.87. The highest BCUT2D eigenvalue weighted by atomic mass is 19.4. The lowest BCUT2D eigenvalue weighted by atomic mass is 10.2. The van der Waals surface area contributed by atoms with Gasteiger partial charge < -0.3 is 14.5 Å². The maximum Gasteiger partial charge on any atom is 0.419 e. The predicted molar refractivity (Wildman–Crippen MR) is 111 cm³/mol. The van der Waals surface area contributed by atoms with Gasteiger partial charge in [-0.05, 0) is 6.07 Å². The van der Waals surface area contributed by atoms with Gasteiger partial charge in [-0.3, -0.25) is 14.5 Å². The van der Waals surface area contributed by atoms with Crippen LogP contribution >= 0.6 is 0 Å². The largest absolute Gasteiger partial charge is 0.419 e. The fraction of sp³-hybridized carbons (Fsp3) is 0.550. The van der Waals surface area contributed by atoms with Crippen LogP contribution < -0.4 is 10.5 Å². The average molecular weight is 503 g/mol. The summed E-state index contributed by atoms with van der Waals surface area (Å²) in [4.78, 5) is 37.1. The molecule has 1 amide bonds. The van der Waals surface area contributed by atoms with Crippen molar-refractivity contribution >= 4 is 11.9 Å². The van der Waals surface area contributed by atoms with E-state index in [2.05, 4.69) is 20.2 Å². The van der Waals surface area contributed by atoms with Crippen molar-refractivity contribution in [2.75, 3.05) is 50.8 Å². The molecule has 0 radical (unpaired) electrons. The number of amides is 1. The topological polar surface area (TPSA) is 108 Å². The number of anilines is 1. The molecular weight excluding hydrogens is 481 g/mol. The summed E-state index contributed by atoms with van der Waals surface area (Å²) >= 11 is 0. The van der Waals surface area contributed by atoms with Crippen molar-refractivity contribution in [3.05, 3.63) is 45.6 Å². The number of halogens is 5. The Balaban J connectivity index is 1.31. The van der Waals surface area contributed by atoms with Crippen molar-refractivity contribution in [3.8, 4) is 0 Å². The Morgan fingerprint density at radius 2 is 1.83 bits per heavy atom. The number of carbonyl (C=O) groups is 1. The first-order chi connectivity index (χ1) is 16.6. The number of aromatic nitrogens is 4. The van der Waals surface area contributed by atoms with Gasteiger partial charge in [0.1, 0.15) is 6.10 Å². The first-order valence-corrected chi connectivity index (χ1v) is 10.8. The van der Waals surface area contributed by atoms with E-state index in [4.69, 9.17) is 4.74 Å². The van der Waals surface area contributed by atoms with Crippen molar-refractivity contribution in [3.63, 3.8) is 0 Å². The third kappa shape index (κ3) is 5.90. The smallest absolute Gasteiger partial charge is 0.366 e. The fourth-order valence-corrected chi connectivity index (χ4v) is 3.89. The number of rotatable bonds is 5. The normalized spacial score (nSPS) is 19.9. The molecule has 2 fully saturated rings. The van der Waals surface area contributed by atoms with Gasteiger partial charge in [-0.1, -0.05) is 0 Å². The Hall–Kier alpha value is -3.20. The number of hydrogen-bond acceptors (Lipinski definition) is 8. The van der Waals surface area contributed by atoms with Crippen LogP contribution in [0.4, 0.5) is 27.9 Å². The molecule has 1 N–H and O–H groups in total. The van der Waals surface area contributed by atoms with E-state index in [1.165, 1.54) is 0 Å². The van der Waals surface area contributed by atoms with E-state index in [0.717, 1.165) is 18.5 Å². The number of nitrogens with one attached hydrogen (secondary N) is 1. The third-order valence-electron chi connectivity index (χ3n) is 5.77. The lowest BCUT2D eigenvalue weighted by Crippen LogP contribution is -2.56. The van der Waals surface area contributed by atoms with E-state index >= 15 is 0 Å². The van der Waals surface area contributed by atoms with Gasteiger partial charge in [-0.2, -0.15) is 18.3 Å². The molecule has 2 aliphatic rings. The Kier molecular flexibility index (Phi) is 7.25. The summed E-state index contributed by atoms with van der Waals surface area (Å²) in [7, 11) is 0. The highest BCUT2D eigenvalue weighted by Gasteiger charge is 2.34. The number of H-pyrrole nitrogens is 1. The molecule has 0 spiro atoms. The minimum Gasteiger partial charge on any atom is -0.366 e.